The second-order valence-corrected chi connectivity index (χ2v) is 15.3. The minimum atomic E-state index is -1.72. The molecule has 276 valence electrons. The van der Waals surface area contributed by atoms with Gasteiger partial charge in [-0.15, -0.1) is 0 Å². The molecule has 0 radical (unpaired) electrons. The highest BCUT2D eigenvalue weighted by molar-refractivity contribution is 5.93. The fourth-order valence-corrected chi connectivity index (χ4v) is 6.81. The maximum Gasteiger partial charge on any atom is 0.344 e. The quantitative estimate of drug-likeness (QED) is 0.273. The number of hydrazine groups is 1. The van der Waals surface area contributed by atoms with Crippen LogP contribution >= 0.6 is 0 Å². The van der Waals surface area contributed by atoms with Crippen molar-refractivity contribution >= 4 is 40.7 Å². The molecule has 1 spiro atoms. The highest BCUT2D eigenvalue weighted by atomic mass is 16.6. The number of pyridine rings is 1. The summed E-state index contributed by atoms with van der Waals surface area (Å²) in [4.78, 5) is 61.5. The summed E-state index contributed by atoms with van der Waals surface area (Å²) in [7, 11) is 0. The van der Waals surface area contributed by atoms with Gasteiger partial charge in [0.2, 0.25) is 12.3 Å². The molecule has 2 saturated heterocycles. The van der Waals surface area contributed by atoms with Gasteiger partial charge in [-0.05, 0) is 83.6 Å². The van der Waals surface area contributed by atoms with E-state index < -0.39 is 59.6 Å². The number of rotatable bonds is 3. The number of carbonyl (C=O) groups is 4. The van der Waals surface area contributed by atoms with E-state index in [0.717, 1.165) is 10.9 Å². The van der Waals surface area contributed by atoms with Gasteiger partial charge in [0, 0.05) is 30.9 Å². The van der Waals surface area contributed by atoms with Gasteiger partial charge in [-0.25, -0.2) is 15.1 Å². The van der Waals surface area contributed by atoms with Crippen LogP contribution in [0.15, 0.2) is 36.4 Å². The van der Waals surface area contributed by atoms with E-state index in [1.165, 1.54) is 5.01 Å². The van der Waals surface area contributed by atoms with Crippen LogP contribution in [-0.4, -0.2) is 106 Å². The number of aliphatic hydroxyl groups excluding tert-OH is 1. The normalized spacial score (nSPS) is 32.0. The summed E-state index contributed by atoms with van der Waals surface area (Å²) >= 11 is 0. The monoisotopic (exact) mass is 706 g/mol. The first-order valence-corrected chi connectivity index (χ1v) is 17.9. The molecule has 2 aromatic rings. The molecule has 3 aliphatic heterocycles. The minimum absolute atomic E-state index is 0.0717. The number of nitrogens with zero attached hydrogens (tertiary/aromatic N) is 3. The van der Waals surface area contributed by atoms with Gasteiger partial charge >= 0.3 is 5.97 Å². The number of esters is 1. The van der Waals surface area contributed by atoms with Gasteiger partial charge in [-0.3, -0.25) is 24.4 Å². The molecule has 4 heterocycles. The number of cyclic esters (lactones) is 1. The number of ether oxygens (including phenoxy) is 3. The van der Waals surface area contributed by atoms with Gasteiger partial charge in [0.05, 0.1) is 29.5 Å². The molecular weight excluding hydrogens is 656 g/mol. The summed E-state index contributed by atoms with van der Waals surface area (Å²) in [6, 6.07) is 7.42. The molecule has 1 aliphatic carbocycles. The highest BCUT2D eigenvalue weighted by Gasteiger charge is 2.51. The number of benzene rings is 1. The number of aromatic nitrogens is 1. The van der Waals surface area contributed by atoms with Gasteiger partial charge in [-0.2, -0.15) is 0 Å². The van der Waals surface area contributed by atoms with Crippen LogP contribution in [0.5, 0.6) is 0 Å². The number of carbonyl (C=O) groups excluding carboxylic acids is 4. The lowest BCUT2D eigenvalue weighted by molar-refractivity contribution is -0.263. The zero-order valence-corrected chi connectivity index (χ0v) is 30.2. The smallest absolute Gasteiger partial charge is 0.344 e. The number of hydrogen-bond donors (Lipinski definition) is 4. The number of fused-ring (bicyclic) bond motifs is 4. The largest absolute Gasteiger partial charge is 0.450 e. The van der Waals surface area contributed by atoms with Crippen LogP contribution in [0.1, 0.15) is 78.1 Å². The molecule has 1 saturated carbocycles. The molecule has 5 bridgehead atoms. The third-order valence-electron chi connectivity index (χ3n) is 9.93. The molecule has 1 aromatic carbocycles. The summed E-state index contributed by atoms with van der Waals surface area (Å²) in [6.45, 7) is 11.5. The molecule has 1 aromatic heterocycles. The van der Waals surface area contributed by atoms with Crippen molar-refractivity contribution < 1.29 is 38.5 Å². The Morgan fingerprint density at radius 1 is 1.02 bits per heavy atom. The summed E-state index contributed by atoms with van der Waals surface area (Å²) in [5.41, 5.74) is 2.71. The van der Waals surface area contributed by atoms with Gasteiger partial charge < -0.3 is 30.0 Å². The van der Waals surface area contributed by atoms with E-state index in [4.69, 9.17) is 19.2 Å². The standard InChI is InChI=1S/C37H50N6O8/c1-21-18-26(21)30-32(45)39-23(3)33(46)43-15-7-8-28(41-43)31(44)38-22(2)27-12-11-25-10-9-24(19-29(25)40-27)13-14-37(34(47)50-30)20-42(16-17-49-37)35(48)51-36(4,5)6/h9-14,19,21-23,26,28,30,35,41,48H,7-8,15-18,20H2,1-6H3,(H,38,44)(H,39,45). The van der Waals surface area contributed by atoms with Crippen molar-refractivity contribution in [3.63, 3.8) is 0 Å². The van der Waals surface area contributed by atoms with E-state index in [1.807, 2.05) is 65.0 Å². The summed E-state index contributed by atoms with van der Waals surface area (Å²) < 4.78 is 18.1. The zero-order chi connectivity index (χ0) is 36.7. The molecule has 4 N–H and O–H groups in total. The van der Waals surface area contributed by atoms with Crippen LogP contribution in [0.4, 0.5) is 0 Å². The van der Waals surface area contributed by atoms with Crippen molar-refractivity contribution in [1.29, 1.82) is 0 Å². The fourth-order valence-electron chi connectivity index (χ4n) is 6.81. The molecule has 6 rings (SSSR count). The molecule has 14 heteroatoms. The lowest BCUT2D eigenvalue weighted by Crippen LogP contribution is -2.62. The Bertz CT molecular complexity index is 1690. The first-order chi connectivity index (χ1) is 24.1. The van der Waals surface area contributed by atoms with Crippen LogP contribution in [-0.2, 0) is 33.4 Å². The van der Waals surface area contributed by atoms with Crippen LogP contribution in [0.3, 0.4) is 0 Å². The maximum atomic E-state index is 14.4. The van der Waals surface area contributed by atoms with Crippen molar-refractivity contribution in [3.8, 4) is 0 Å². The van der Waals surface area contributed by atoms with Crippen LogP contribution in [0.25, 0.3) is 17.0 Å². The topological polar surface area (TPSA) is 172 Å². The van der Waals surface area contributed by atoms with E-state index in [2.05, 4.69) is 16.1 Å². The average Bonchev–Trinajstić information content (AvgIpc) is 3.83. The van der Waals surface area contributed by atoms with Gasteiger partial charge in [0.25, 0.3) is 11.8 Å². The van der Waals surface area contributed by atoms with E-state index in [-0.39, 0.29) is 37.4 Å². The number of morpholine rings is 1. The Kier molecular flexibility index (Phi) is 10.5. The summed E-state index contributed by atoms with van der Waals surface area (Å²) in [5, 5.41) is 19.1. The highest BCUT2D eigenvalue weighted by Crippen LogP contribution is 2.42. The van der Waals surface area contributed by atoms with Crippen molar-refractivity contribution in [2.75, 3.05) is 26.2 Å². The Hall–Kier alpha value is -3.95. The van der Waals surface area contributed by atoms with E-state index in [9.17, 15) is 24.3 Å². The van der Waals surface area contributed by atoms with Gasteiger partial charge in [0.15, 0.2) is 11.7 Å². The van der Waals surface area contributed by atoms with Crippen molar-refractivity contribution in [2.24, 2.45) is 11.8 Å². The number of amides is 3. The molecule has 3 amide bonds. The Balaban J connectivity index is 1.39. The molecule has 8 atom stereocenters. The molecule has 51 heavy (non-hydrogen) atoms. The number of nitrogens with one attached hydrogen (secondary N) is 3. The third-order valence-corrected chi connectivity index (χ3v) is 9.93. The summed E-state index contributed by atoms with van der Waals surface area (Å²) in [5.74, 6) is -2.21. The van der Waals surface area contributed by atoms with E-state index >= 15 is 0 Å². The van der Waals surface area contributed by atoms with Crippen molar-refractivity contribution in [1.82, 2.24) is 31.0 Å². The van der Waals surface area contributed by atoms with E-state index in [0.29, 0.717) is 37.0 Å². The first kappa shape index (κ1) is 36.8. The fraction of sp³-hybridized carbons (Fsp3) is 0.595. The Labute approximate surface area is 298 Å². The molecule has 14 nitrogen and oxygen atoms in total. The number of hydrogen-bond acceptors (Lipinski definition) is 11. The predicted molar refractivity (Wildman–Crippen MR) is 187 cm³/mol. The predicted octanol–water partition coefficient (Wildman–Crippen LogP) is 2.17. The third kappa shape index (κ3) is 8.41. The van der Waals surface area contributed by atoms with Gasteiger partial charge in [0.1, 0.15) is 12.1 Å². The first-order valence-electron chi connectivity index (χ1n) is 17.9. The second kappa shape index (κ2) is 14.6. The Morgan fingerprint density at radius 3 is 2.47 bits per heavy atom. The molecular formula is C37H50N6O8. The maximum absolute atomic E-state index is 14.4. The van der Waals surface area contributed by atoms with Gasteiger partial charge in [-0.1, -0.05) is 31.2 Å². The van der Waals surface area contributed by atoms with E-state index in [1.54, 1.807) is 24.0 Å². The van der Waals surface area contributed by atoms with Crippen molar-refractivity contribution in [3.05, 3.63) is 47.7 Å². The second-order valence-electron chi connectivity index (χ2n) is 15.3. The van der Waals surface area contributed by atoms with Crippen LogP contribution in [0.2, 0.25) is 0 Å². The summed E-state index contributed by atoms with van der Waals surface area (Å²) in [6.07, 6.45) is 2.59. The van der Waals surface area contributed by atoms with Crippen LogP contribution in [0, 0.1) is 11.8 Å². The Morgan fingerprint density at radius 2 is 1.75 bits per heavy atom. The molecule has 8 unspecified atom stereocenters. The lowest BCUT2D eigenvalue weighted by Gasteiger charge is -2.42. The molecule has 4 aliphatic rings. The van der Waals surface area contributed by atoms with Crippen LogP contribution < -0.4 is 16.1 Å². The SMILES string of the molecule is CC1NC(=O)C(C2CC2C)OC(=O)C2(C=Cc3ccc4ccc(nc4c3)C(C)NC(=O)C3CCCN(N3)C1=O)CN(C(O)OC(C)(C)C)CCO2. The van der Waals surface area contributed by atoms with Crippen molar-refractivity contribution in [2.45, 2.75) is 103 Å². The average molecular weight is 707 g/mol. The lowest BCUT2D eigenvalue weighted by atomic mass is 9.98. The minimum Gasteiger partial charge on any atom is -0.450 e. The zero-order valence-electron chi connectivity index (χ0n) is 30.2. The number of aliphatic hydroxyl groups is 1. The molecule has 3 fully saturated rings.